The molecule has 0 fully saturated rings. The second kappa shape index (κ2) is 6.97. The number of nitrogens with zero attached hydrogens (tertiary/aromatic N) is 1. The summed E-state index contributed by atoms with van der Waals surface area (Å²) in [6, 6.07) is 5.19. The van der Waals surface area contributed by atoms with Gasteiger partial charge < -0.3 is 9.64 Å². The first-order valence-electron chi connectivity index (χ1n) is 5.74. The minimum atomic E-state index is -0.196. The molecule has 0 saturated carbocycles. The smallest absolute Gasteiger partial charge is 0.123 e. The van der Waals surface area contributed by atoms with E-state index in [0.29, 0.717) is 11.9 Å². The molecular formula is C13H19BrFNO. The van der Waals surface area contributed by atoms with Crippen LogP contribution in [0, 0.1) is 5.82 Å². The summed E-state index contributed by atoms with van der Waals surface area (Å²) < 4.78 is 18.4. The SMILES string of the molecule is CCN(c1ccc(F)cc1CBr)C(C)COC. The van der Waals surface area contributed by atoms with Crippen molar-refractivity contribution >= 4 is 21.6 Å². The predicted molar refractivity (Wildman–Crippen MR) is 73.4 cm³/mol. The van der Waals surface area contributed by atoms with Crippen molar-refractivity contribution in [2.75, 3.05) is 25.2 Å². The van der Waals surface area contributed by atoms with Gasteiger partial charge in [0.1, 0.15) is 5.82 Å². The zero-order valence-corrected chi connectivity index (χ0v) is 12.1. The zero-order chi connectivity index (χ0) is 12.8. The van der Waals surface area contributed by atoms with Gasteiger partial charge >= 0.3 is 0 Å². The van der Waals surface area contributed by atoms with Crippen molar-refractivity contribution in [1.29, 1.82) is 0 Å². The standard InChI is InChI=1S/C13H19BrFNO/c1-4-16(10(2)9-17-3)13-6-5-12(15)7-11(13)8-14/h5-7,10H,4,8-9H2,1-3H3. The summed E-state index contributed by atoms with van der Waals surface area (Å²) in [7, 11) is 1.69. The highest BCUT2D eigenvalue weighted by Gasteiger charge is 2.15. The van der Waals surface area contributed by atoms with Crippen LogP contribution in [0.15, 0.2) is 18.2 Å². The maximum Gasteiger partial charge on any atom is 0.123 e. The second-order valence-corrected chi connectivity index (χ2v) is 4.56. The molecule has 1 atom stereocenters. The molecule has 0 bridgehead atoms. The Hall–Kier alpha value is -0.610. The molecule has 0 aliphatic heterocycles. The van der Waals surface area contributed by atoms with Gasteiger partial charge in [0, 0.05) is 30.7 Å². The molecule has 0 spiro atoms. The minimum Gasteiger partial charge on any atom is -0.383 e. The lowest BCUT2D eigenvalue weighted by Crippen LogP contribution is -2.36. The van der Waals surface area contributed by atoms with Crippen molar-refractivity contribution in [3.8, 4) is 0 Å². The quantitative estimate of drug-likeness (QED) is 0.745. The summed E-state index contributed by atoms with van der Waals surface area (Å²) in [6.45, 7) is 5.73. The molecule has 0 amide bonds. The largest absolute Gasteiger partial charge is 0.383 e. The van der Waals surface area contributed by atoms with E-state index in [9.17, 15) is 4.39 Å². The fourth-order valence-electron chi connectivity index (χ4n) is 1.99. The summed E-state index contributed by atoms with van der Waals surface area (Å²) in [5, 5.41) is 0.649. The number of likely N-dealkylation sites (N-methyl/N-ethyl adjacent to an activating group) is 1. The van der Waals surface area contributed by atoms with Crippen molar-refractivity contribution in [3.63, 3.8) is 0 Å². The van der Waals surface area contributed by atoms with Gasteiger partial charge in [-0.25, -0.2) is 4.39 Å². The molecule has 1 aromatic carbocycles. The lowest BCUT2D eigenvalue weighted by atomic mass is 10.1. The summed E-state index contributed by atoms with van der Waals surface area (Å²) in [4.78, 5) is 2.22. The van der Waals surface area contributed by atoms with E-state index in [-0.39, 0.29) is 11.9 Å². The number of methoxy groups -OCH3 is 1. The van der Waals surface area contributed by atoms with Gasteiger partial charge in [-0.05, 0) is 37.6 Å². The van der Waals surface area contributed by atoms with Crippen LogP contribution in [0.4, 0.5) is 10.1 Å². The van der Waals surface area contributed by atoms with E-state index in [1.807, 2.05) is 6.07 Å². The van der Waals surface area contributed by atoms with Crippen LogP contribution in [0.1, 0.15) is 19.4 Å². The summed E-state index contributed by atoms with van der Waals surface area (Å²) >= 11 is 3.40. The molecule has 0 aliphatic carbocycles. The van der Waals surface area contributed by atoms with Crippen molar-refractivity contribution in [1.82, 2.24) is 0 Å². The number of anilines is 1. The average Bonchev–Trinajstić information content (AvgIpc) is 2.32. The van der Waals surface area contributed by atoms with Gasteiger partial charge in [-0.3, -0.25) is 0 Å². The monoisotopic (exact) mass is 303 g/mol. The molecule has 4 heteroatoms. The summed E-state index contributed by atoms with van der Waals surface area (Å²) in [6.07, 6.45) is 0. The first-order valence-corrected chi connectivity index (χ1v) is 6.86. The fraction of sp³-hybridized carbons (Fsp3) is 0.538. The van der Waals surface area contributed by atoms with Crippen molar-refractivity contribution in [2.24, 2.45) is 0 Å². The maximum atomic E-state index is 13.2. The number of rotatable bonds is 6. The van der Waals surface area contributed by atoms with Crippen LogP contribution in [0.5, 0.6) is 0 Å². The highest BCUT2D eigenvalue weighted by atomic mass is 79.9. The molecule has 0 N–H and O–H groups in total. The van der Waals surface area contributed by atoms with Crippen molar-refractivity contribution in [2.45, 2.75) is 25.2 Å². The van der Waals surface area contributed by atoms with E-state index in [4.69, 9.17) is 4.74 Å². The van der Waals surface area contributed by atoms with Crippen LogP contribution in [-0.2, 0) is 10.1 Å². The van der Waals surface area contributed by atoms with Gasteiger partial charge in [0.2, 0.25) is 0 Å². The third kappa shape index (κ3) is 3.68. The molecular weight excluding hydrogens is 285 g/mol. The predicted octanol–water partition coefficient (Wildman–Crippen LogP) is 3.58. The van der Waals surface area contributed by atoms with Gasteiger partial charge in [0.25, 0.3) is 0 Å². The molecule has 96 valence electrons. The van der Waals surface area contributed by atoms with Crippen LogP contribution in [0.2, 0.25) is 0 Å². The lowest BCUT2D eigenvalue weighted by Gasteiger charge is -2.31. The van der Waals surface area contributed by atoms with Crippen molar-refractivity contribution < 1.29 is 9.13 Å². The number of benzene rings is 1. The molecule has 1 unspecified atom stereocenters. The van der Waals surface area contributed by atoms with E-state index < -0.39 is 0 Å². The van der Waals surface area contributed by atoms with E-state index in [2.05, 4.69) is 34.7 Å². The number of hydrogen-bond acceptors (Lipinski definition) is 2. The number of alkyl halides is 1. The van der Waals surface area contributed by atoms with Crippen LogP contribution in [0.25, 0.3) is 0 Å². The fourth-order valence-corrected chi connectivity index (χ4v) is 2.44. The van der Waals surface area contributed by atoms with Gasteiger partial charge in [0.15, 0.2) is 0 Å². The van der Waals surface area contributed by atoms with E-state index in [1.54, 1.807) is 13.2 Å². The Morgan fingerprint density at radius 3 is 2.71 bits per heavy atom. The van der Waals surface area contributed by atoms with Gasteiger partial charge in [-0.2, -0.15) is 0 Å². The van der Waals surface area contributed by atoms with Gasteiger partial charge in [-0.15, -0.1) is 0 Å². The second-order valence-electron chi connectivity index (χ2n) is 4.00. The number of hydrogen-bond donors (Lipinski definition) is 0. The molecule has 0 radical (unpaired) electrons. The molecule has 1 aromatic rings. The summed E-state index contributed by atoms with van der Waals surface area (Å²) in [5.74, 6) is -0.196. The van der Waals surface area contributed by atoms with Crippen LogP contribution in [0.3, 0.4) is 0 Å². The maximum absolute atomic E-state index is 13.2. The Kier molecular flexibility index (Phi) is 5.92. The van der Waals surface area contributed by atoms with Crippen LogP contribution >= 0.6 is 15.9 Å². The third-order valence-corrected chi connectivity index (χ3v) is 3.38. The molecule has 0 heterocycles. The Labute approximate surface area is 111 Å². The first kappa shape index (κ1) is 14.5. The average molecular weight is 304 g/mol. The Morgan fingerprint density at radius 1 is 1.47 bits per heavy atom. The highest BCUT2D eigenvalue weighted by molar-refractivity contribution is 9.08. The Morgan fingerprint density at radius 2 is 2.18 bits per heavy atom. The topological polar surface area (TPSA) is 12.5 Å². The van der Waals surface area contributed by atoms with Crippen LogP contribution < -0.4 is 4.90 Å². The van der Waals surface area contributed by atoms with Crippen molar-refractivity contribution in [3.05, 3.63) is 29.6 Å². The molecule has 2 nitrogen and oxygen atoms in total. The minimum absolute atomic E-state index is 0.196. The molecule has 0 aromatic heterocycles. The first-order chi connectivity index (χ1) is 8.13. The highest BCUT2D eigenvalue weighted by Crippen LogP contribution is 2.25. The van der Waals surface area contributed by atoms with Crippen LogP contribution in [-0.4, -0.2) is 26.3 Å². The molecule has 0 aliphatic rings. The summed E-state index contributed by atoms with van der Waals surface area (Å²) in [5.41, 5.74) is 2.03. The Bertz CT molecular complexity index is 359. The number of halogens is 2. The van der Waals surface area contributed by atoms with E-state index in [1.165, 1.54) is 6.07 Å². The molecule has 1 rings (SSSR count). The zero-order valence-electron chi connectivity index (χ0n) is 10.5. The molecule has 17 heavy (non-hydrogen) atoms. The lowest BCUT2D eigenvalue weighted by molar-refractivity contribution is 0.182. The van der Waals surface area contributed by atoms with E-state index in [0.717, 1.165) is 17.8 Å². The molecule has 0 saturated heterocycles. The van der Waals surface area contributed by atoms with E-state index >= 15 is 0 Å². The van der Waals surface area contributed by atoms with Gasteiger partial charge in [0.05, 0.1) is 6.61 Å². The Balaban J connectivity index is 3.02. The number of ether oxygens (including phenoxy) is 1. The normalized spacial score (nSPS) is 12.5. The third-order valence-electron chi connectivity index (χ3n) is 2.78. The van der Waals surface area contributed by atoms with Gasteiger partial charge in [-0.1, -0.05) is 15.9 Å².